The second kappa shape index (κ2) is 6.12. The summed E-state index contributed by atoms with van der Waals surface area (Å²) in [5.74, 6) is -2.27. The minimum atomic E-state index is -3.78. The van der Waals surface area contributed by atoms with E-state index in [1.54, 1.807) is 0 Å². The number of carboxylic acid groups (broad SMARTS) is 1. The van der Waals surface area contributed by atoms with Gasteiger partial charge in [0.05, 0.1) is 17.9 Å². The molecule has 116 valence electrons. The highest BCUT2D eigenvalue weighted by Gasteiger charge is 2.34. The molecule has 1 unspecified atom stereocenters. The second-order valence-electron chi connectivity index (χ2n) is 4.68. The van der Waals surface area contributed by atoms with Gasteiger partial charge in [0.25, 0.3) is 0 Å². The molecule has 2 heterocycles. The fourth-order valence-corrected chi connectivity index (χ4v) is 4.87. The molecule has 21 heavy (non-hydrogen) atoms. The van der Waals surface area contributed by atoms with Crippen LogP contribution in [0.2, 0.25) is 0 Å². The van der Waals surface area contributed by atoms with Gasteiger partial charge in [0.2, 0.25) is 10.0 Å². The lowest BCUT2D eigenvalue weighted by molar-refractivity contribution is -0.142. The van der Waals surface area contributed by atoms with Crippen LogP contribution < -0.4 is 0 Å². The molecule has 1 N–H and O–H groups in total. The molecular weight excluding hydrogens is 318 g/mol. The first-order valence-corrected chi connectivity index (χ1v) is 8.58. The Bertz CT molecular complexity index is 650. The van der Waals surface area contributed by atoms with Crippen LogP contribution in [0.4, 0.5) is 0 Å². The van der Waals surface area contributed by atoms with Crippen LogP contribution in [-0.2, 0) is 19.6 Å². The smallest absolute Gasteiger partial charge is 0.348 e. The fourth-order valence-electron chi connectivity index (χ4n) is 2.17. The van der Waals surface area contributed by atoms with E-state index in [1.165, 1.54) is 22.9 Å². The molecule has 0 bridgehead atoms. The fraction of sp³-hybridized carbons (Fsp3) is 0.500. The summed E-state index contributed by atoms with van der Waals surface area (Å²) in [6.45, 7) is 0.247. The average Bonchev–Trinajstić information content (AvgIpc) is 2.97. The number of ether oxygens (including phenoxy) is 1. The van der Waals surface area contributed by atoms with Gasteiger partial charge in [-0.25, -0.2) is 13.2 Å². The van der Waals surface area contributed by atoms with Gasteiger partial charge >= 0.3 is 11.9 Å². The number of sulfonamides is 1. The Kier molecular flexibility index (Phi) is 4.64. The lowest BCUT2D eigenvalue weighted by Gasteiger charge is -2.29. The number of hydrogen-bond acceptors (Lipinski definition) is 6. The van der Waals surface area contributed by atoms with Crippen LogP contribution >= 0.6 is 11.3 Å². The lowest BCUT2D eigenvalue weighted by Crippen LogP contribution is -2.42. The van der Waals surface area contributed by atoms with Crippen LogP contribution in [0, 0.1) is 5.92 Å². The molecule has 2 rings (SSSR count). The maximum absolute atomic E-state index is 12.5. The van der Waals surface area contributed by atoms with Crippen LogP contribution in [-0.4, -0.2) is 50.0 Å². The molecule has 1 fully saturated rings. The Morgan fingerprint density at radius 3 is 2.81 bits per heavy atom. The van der Waals surface area contributed by atoms with Crippen molar-refractivity contribution < 1.29 is 27.9 Å². The number of esters is 1. The van der Waals surface area contributed by atoms with Crippen LogP contribution in [0.3, 0.4) is 0 Å². The zero-order chi connectivity index (χ0) is 15.6. The summed E-state index contributed by atoms with van der Waals surface area (Å²) in [7, 11) is -2.56. The number of nitrogens with zero attached hydrogens (tertiary/aromatic N) is 1. The SMILES string of the molecule is COC(=O)c1cc(S(=O)(=O)N2CCCC(C(=O)O)C2)cs1. The van der Waals surface area contributed by atoms with E-state index in [9.17, 15) is 18.0 Å². The normalized spacial score (nSPS) is 20.1. The van der Waals surface area contributed by atoms with E-state index in [2.05, 4.69) is 4.74 Å². The van der Waals surface area contributed by atoms with Crippen molar-refractivity contribution in [2.45, 2.75) is 17.7 Å². The molecule has 1 saturated heterocycles. The summed E-state index contributed by atoms with van der Waals surface area (Å²) in [5.41, 5.74) is 0. The van der Waals surface area contributed by atoms with Crippen molar-refractivity contribution in [3.8, 4) is 0 Å². The first kappa shape index (κ1) is 15.9. The van der Waals surface area contributed by atoms with E-state index in [0.29, 0.717) is 12.8 Å². The summed E-state index contributed by atoms with van der Waals surface area (Å²) >= 11 is 0.984. The predicted molar refractivity (Wildman–Crippen MR) is 74.8 cm³/mol. The van der Waals surface area contributed by atoms with Crippen LogP contribution in [0.1, 0.15) is 22.5 Å². The number of carbonyl (C=O) groups is 2. The molecule has 0 aromatic carbocycles. The minimum absolute atomic E-state index is 0.000983. The van der Waals surface area contributed by atoms with Gasteiger partial charge in [0, 0.05) is 18.5 Å². The molecule has 0 radical (unpaired) electrons. The Hall–Kier alpha value is -1.45. The molecular formula is C12H15NO6S2. The molecule has 1 aromatic heterocycles. The maximum atomic E-state index is 12.5. The predicted octanol–water partition coefficient (Wildman–Crippen LogP) is 1.02. The Morgan fingerprint density at radius 1 is 1.48 bits per heavy atom. The molecule has 1 atom stereocenters. The number of carboxylic acids is 1. The molecule has 1 aliphatic rings. The van der Waals surface area contributed by atoms with Gasteiger partial charge in [0.15, 0.2) is 0 Å². The maximum Gasteiger partial charge on any atom is 0.348 e. The van der Waals surface area contributed by atoms with Crippen molar-refractivity contribution in [3.63, 3.8) is 0 Å². The number of carbonyl (C=O) groups excluding carboxylic acids is 1. The van der Waals surface area contributed by atoms with Crippen LogP contribution in [0.15, 0.2) is 16.3 Å². The monoisotopic (exact) mass is 333 g/mol. The van der Waals surface area contributed by atoms with Crippen molar-refractivity contribution >= 4 is 33.3 Å². The van der Waals surface area contributed by atoms with Crippen LogP contribution in [0.5, 0.6) is 0 Å². The van der Waals surface area contributed by atoms with Crippen molar-refractivity contribution in [2.24, 2.45) is 5.92 Å². The Labute approximate surface area is 126 Å². The molecule has 0 aliphatic carbocycles. The highest BCUT2D eigenvalue weighted by Crippen LogP contribution is 2.27. The number of thiophene rings is 1. The molecule has 0 spiro atoms. The number of hydrogen-bond donors (Lipinski definition) is 1. The van der Waals surface area contributed by atoms with E-state index in [1.807, 2.05) is 0 Å². The highest BCUT2D eigenvalue weighted by atomic mass is 32.2. The quantitative estimate of drug-likeness (QED) is 0.826. The van der Waals surface area contributed by atoms with Gasteiger partial charge < -0.3 is 9.84 Å². The van der Waals surface area contributed by atoms with Gasteiger partial charge in [-0.15, -0.1) is 11.3 Å². The summed E-state index contributed by atoms with van der Waals surface area (Å²) in [5, 5.41) is 10.4. The van der Waals surface area contributed by atoms with E-state index in [0.717, 1.165) is 11.3 Å². The standard InChI is InChI=1S/C12H15NO6S2/c1-19-12(16)10-5-9(7-20-10)21(17,18)13-4-2-3-8(6-13)11(14)15/h5,7-8H,2-4,6H2,1H3,(H,14,15). The first-order chi connectivity index (χ1) is 9.86. The van der Waals surface area contributed by atoms with E-state index in [4.69, 9.17) is 5.11 Å². The van der Waals surface area contributed by atoms with E-state index < -0.39 is 27.9 Å². The van der Waals surface area contributed by atoms with Gasteiger partial charge in [0.1, 0.15) is 4.88 Å². The zero-order valence-electron chi connectivity index (χ0n) is 11.3. The average molecular weight is 333 g/mol. The molecule has 0 amide bonds. The first-order valence-electron chi connectivity index (χ1n) is 6.26. The van der Waals surface area contributed by atoms with Crippen molar-refractivity contribution in [3.05, 3.63) is 16.3 Å². The molecule has 9 heteroatoms. The second-order valence-corrected chi connectivity index (χ2v) is 7.53. The van der Waals surface area contributed by atoms with Gasteiger partial charge in [-0.1, -0.05) is 0 Å². The summed E-state index contributed by atoms with van der Waals surface area (Å²) in [4.78, 5) is 22.6. The Morgan fingerprint density at radius 2 is 2.19 bits per heavy atom. The third-order valence-electron chi connectivity index (χ3n) is 3.33. The molecule has 1 aliphatic heterocycles. The van der Waals surface area contributed by atoms with Gasteiger partial charge in [-0.2, -0.15) is 4.31 Å². The zero-order valence-corrected chi connectivity index (χ0v) is 12.9. The summed E-state index contributed by atoms with van der Waals surface area (Å²) in [6, 6.07) is 1.26. The Balaban J connectivity index is 2.23. The van der Waals surface area contributed by atoms with Crippen molar-refractivity contribution in [1.29, 1.82) is 0 Å². The number of rotatable bonds is 4. The van der Waals surface area contributed by atoms with E-state index in [-0.39, 0.29) is 22.9 Å². The molecule has 1 aromatic rings. The molecule has 0 saturated carbocycles. The largest absolute Gasteiger partial charge is 0.481 e. The lowest BCUT2D eigenvalue weighted by atomic mass is 10.0. The third kappa shape index (κ3) is 3.25. The topological polar surface area (TPSA) is 101 Å². The van der Waals surface area contributed by atoms with Crippen molar-refractivity contribution in [1.82, 2.24) is 4.31 Å². The number of piperidine rings is 1. The van der Waals surface area contributed by atoms with Crippen LogP contribution in [0.25, 0.3) is 0 Å². The van der Waals surface area contributed by atoms with Gasteiger partial charge in [-0.3, -0.25) is 4.79 Å². The number of aliphatic carboxylic acids is 1. The minimum Gasteiger partial charge on any atom is -0.481 e. The molecule has 7 nitrogen and oxygen atoms in total. The highest BCUT2D eigenvalue weighted by molar-refractivity contribution is 7.89. The van der Waals surface area contributed by atoms with Crippen molar-refractivity contribution in [2.75, 3.05) is 20.2 Å². The summed E-state index contributed by atoms with van der Waals surface area (Å²) < 4.78 is 30.6. The third-order valence-corrected chi connectivity index (χ3v) is 6.24. The summed E-state index contributed by atoms with van der Waals surface area (Å²) in [6.07, 6.45) is 0.975. The number of methoxy groups -OCH3 is 1. The van der Waals surface area contributed by atoms with Gasteiger partial charge in [-0.05, 0) is 18.9 Å². The van der Waals surface area contributed by atoms with E-state index >= 15 is 0 Å².